The Balaban J connectivity index is 0.00000261. The molecule has 2 aliphatic heterocycles. The normalized spacial score (nSPS) is 27.1. The molecule has 7 heteroatoms. The zero-order valence-corrected chi connectivity index (χ0v) is 19.7. The van der Waals surface area contributed by atoms with Gasteiger partial charge in [0.2, 0.25) is 0 Å². The fourth-order valence-corrected chi connectivity index (χ4v) is 4.89. The summed E-state index contributed by atoms with van der Waals surface area (Å²) in [4.78, 5) is 9.52. The number of likely N-dealkylation sites (tertiary alicyclic amines) is 1. The van der Waals surface area contributed by atoms with E-state index in [2.05, 4.69) is 34.0 Å². The number of halogens is 1. The first kappa shape index (κ1) is 23.2. The van der Waals surface area contributed by atoms with Crippen molar-refractivity contribution in [3.8, 4) is 0 Å². The van der Waals surface area contributed by atoms with Gasteiger partial charge in [-0.05, 0) is 39.5 Å². The summed E-state index contributed by atoms with van der Waals surface area (Å²) in [5.74, 6) is 0.995. The van der Waals surface area contributed by atoms with Gasteiger partial charge in [0.25, 0.3) is 0 Å². The number of aliphatic imine (C=N–C) groups is 1. The summed E-state index contributed by atoms with van der Waals surface area (Å²) in [6.45, 7) is 10.0. The molecule has 0 aromatic heterocycles. The van der Waals surface area contributed by atoms with Crippen LogP contribution in [0.2, 0.25) is 0 Å². The molecule has 3 fully saturated rings. The first-order chi connectivity index (χ1) is 12.4. The van der Waals surface area contributed by atoms with Crippen LogP contribution in [0, 0.1) is 0 Å². The Morgan fingerprint density at radius 2 is 1.81 bits per heavy atom. The van der Waals surface area contributed by atoms with Crippen LogP contribution in [-0.4, -0.2) is 84.5 Å². The van der Waals surface area contributed by atoms with Crippen molar-refractivity contribution in [2.75, 3.05) is 46.4 Å². The minimum Gasteiger partial charge on any atom is -0.393 e. The average Bonchev–Trinajstić information content (AvgIpc) is 2.63. The van der Waals surface area contributed by atoms with Gasteiger partial charge in [0.05, 0.1) is 18.3 Å². The van der Waals surface area contributed by atoms with Crippen LogP contribution >= 0.6 is 24.0 Å². The minimum absolute atomic E-state index is 0. The smallest absolute Gasteiger partial charge is 0.193 e. The molecule has 0 amide bonds. The standard InChI is InChI=1S/C20H38N4O2.HI/c1-19(2)16-24(13-14-26-19)20(9-5-4-6-10-20)15-22-18(21-3)23-11-7-17(25)8-12-23;/h17,25H,4-16H2,1-3H3,(H,21,22);1H. The Morgan fingerprint density at radius 3 is 2.41 bits per heavy atom. The Hall–Kier alpha value is -0.120. The number of hydrogen-bond acceptors (Lipinski definition) is 4. The van der Waals surface area contributed by atoms with E-state index >= 15 is 0 Å². The van der Waals surface area contributed by atoms with E-state index in [0.29, 0.717) is 0 Å². The van der Waals surface area contributed by atoms with Gasteiger partial charge >= 0.3 is 0 Å². The second kappa shape index (κ2) is 10.1. The number of aliphatic hydroxyl groups excluding tert-OH is 1. The number of hydrogen-bond donors (Lipinski definition) is 2. The number of nitrogens with one attached hydrogen (secondary N) is 1. The number of aliphatic hydroxyl groups is 1. The molecule has 3 aliphatic rings. The van der Waals surface area contributed by atoms with Crippen LogP contribution in [0.3, 0.4) is 0 Å². The number of ether oxygens (including phenoxy) is 1. The molecule has 2 saturated heterocycles. The number of nitrogens with zero attached hydrogens (tertiary/aromatic N) is 3. The van der Waals surface area contributed by atoms with E-state index in [4.69, 9.17) is 4.74 Å². The second-order valence-corrected chi connectivity index (χ2v) is 8.93. The molecule has 3 rings (SSSR count). The van der Waals surface area contributed by atoms with Crippen molar-refractivity contribution in [1.29, 1.82) is 0 Å². The van der Waals surface area contributed by atoms with Crippen molar-refractivity contribution in [1.82, 2.24) is 15.1 Å². The van der Waals surface area contributed by atoms with Gasteiger partial charge in [0, 0.05) is 45.3 Å². The molecule has 1 saturated carbocycles. The van der Waals surface area contributed by atoms with Crippen LogP contribution in [0.5, 0.6) is 0 Å². The van der Waals surface area contributed by atoms with Crippen molar-refractivity contribution >= 4 is 29.9 Å². The molecular weight excluding hydrogens is 455 g/mol. The zero-order valence-electron chi connectivity index (χ0n) is 17.4. The topological polar surface area (TPSA) is 60.3 Å². The van der Waals surface area contributed by atoms with Gasteiger partial charge < -0.3 is 20.1 Å². The molecule has 0 aromatic rings. The lowest BCUT2D eigenvalue weighted by Gasteiger charge is -2.52. The van der Waals surface area contributed by atoms with Crippen molar-refractivity contribution in [3.63, 3.8) is 0 Å². The Morgan fingerprint density at radius 1 is 1.15 bits per heavy atom. The fourth-order valence-electron chi connectivity index (χ4n) is 4.89. The number of guanidine groups is 1. The van der Waals surface area contributed by atoms with E-state index < -0.39 is 0 Å². The largest absolute Gasteiger partial charge is 0.393 e. The van der Waals surface area contributed by atoms with Crippen molar-refractivity contribution < 1.29 is 9.84 Å². The molecule has 2 heterocycles. The van der Waals surface area contributed by atoms with Gasteiger partial charge in [-0.15, -0.1) is 24.0 Å². The van der Waals surface area contributed by atoms with Gasteiger partial charge in [-0.3, -0.25) is 9.89 Å². The van der Waals surface area contributed by atoms with Crippen LogP contribution in [0.1, 0.15) is 58.8 Å². The number of piperidine rings is 1. The molecule has 0 bridgehead atoms. The lowest BCUT2D eigenvalue weighted by Crippen LogP contribution is -2.63. The number of rotatable bonds is 3. The first-order valence-electron chi connectivity index (χ1n) is 10.5. The molecule has 158 valence electrons. The van der Waals surface area contributed by atoms with Crippen molar-refractivity contribution in [2.24, 2.45) is 4.99 Å². The maximum absolute atomic E-state index is 9.77. The highest BCUT2D eigenvalue weighted by atomic mass is 127. The quantitative estimate of drug-likeness (QED) is 0.359. The molecule has 0 aromatic carbocycles. The summed E-state index contributed by atoms with van der Waals surface area (Å²) in [5.41, 5.74) is 0.151. The lowest BCUT2D eigenvalue weighted by atomic mass is 9.79. The predicted molar refractivity (Wildman–Crippen MR) is 121 cm³/mol. The van der Waals surface area contributed by atoms with Gasteiger partial charge in [0.15, 0.2) is 5.96 Å². The molecule has 1 aliphatic carbocycles. The lowest BCUT2D eigenvalue weighted by molar-refractivity contribution is -0.122. The number of morpholine rings is 1. The molecule has 0 spiro atoms. The zero-order chi connectivity index (χ0) is 18.6. The van der Waals surface area contributed by atoms with Crippen molar-refractivity contribution in [2.45, 2.75) is 76.0 Å². The Labute approximate surface area is 182 Å². The van der Waals surface area contributed by atoms with Crippen LogP contribution in [0.4, 0.5) is 0 Å². The first-order valence-corrected chi connectivity index (χ1v) is 10.5. The second-order valence-electron chi connectivity index (χ2n) is 8.93. The monoisotopic (exact) mass is 494 g/mol. The molecule has 2 N–H and O–H groups in total. The Kier molecular flexibility index (Phi) is 8.64. The molecule has 0 atom stereocenters. The maximum Gasteiger partial charge on any atom is 0.193 e. The van der Waals surface area contributed by atoms with Gasteiger partial charge in [0.1, 0.15) is 0 Å². The average molecular weight is 494 g/mol. The van der Waals surface area contributed by atoms with Crippen LogP contribution in [-0.2, 0) is 4.74 Å². The highest BCUT2D eigenvalue weighted by Gasteiger charge is 2.42. The summed E-state index contributed by atoms with van der Waals surface area (Å²) in [5, 5.41) is 13.5. The minimum atomic E-state index is -0.148. The van der Waals surface area contributed by atoms with E-state index in [-0.39, 0.29) is 41.2 Å². The van der Waals surface area contributed by atoms with E-state index in [0.717, 1.165) is 58.1 Å². The van der Waals surface area contributed by atoms with Crippen LogP contribution in [0.15, 0.2) is 4.99 Å². The third-order valence-corrected chi connectivity index (χ3v) is 6.43. The molecule has 0 unspecified atom stereocenters. The van der Waals surface area contributed by atoms with Gasteiger partial charge in [-0.2, -0.15) is 0 Å². The molecule has 6 nitrogen and oxygen atoms in total. The van der Waals surface area contributed by atoms with Gasteiger partial charge in [-0.1, -0.05) is 19.3 Å². The van der Waals surface area contributed by atoms with E-state index in [1.807, 2.05) is 7.05 Å². The van der Waals surface area contributed by atoms with E-state index in [9.17, 15) is 5.11 Å². The van der Waals surface area contributed by atoms with E-state index in [1.54, 1.807) is 0 Å². The van der Waals surface area contributed by atoms with Crippen LogP contribution < -0.4 is 5.32 Å². The summed E-state index contributed by atoms with van der Waals surface area (Å²) in [6, 6.07) is 0. The van der Waals surface area contributed by atoms with Crippen LogP contribution in [0.25, 0.3) is 0 Å². The van der Waals surface area contributed by atoms with Crippen molar-refractivity contribution in [3.05, 3.63) is 0 Å². The molecule has 27 heavy (non-hydrogen) atoms. The predicted octanol–water partition coefficient (Wildman–Crippen LogP) is 2.45. The molecular formula is C20H39IN4O2. The van der Waals surface area contributed by atoms with Gasteiger partial charge in [-0.25, -0.2) is 0 Å². The highest BCUT2D eigenvalue weighted by Crippen LogP contribution is 2.36. The summed E-state index contributed by atoms with van der Waals surface area (Å²) >= 11 is 0. The molecule has 0 radical (unpaired) electrons. The third-order valence-electron chi connectivity index (χ3n) is 6.43. The third kappa shape index (κ3) is 5.93. The maximum atomic E-state index is 9.77. The SMILES string of the molecule is CN=C(NCC1(N2CCOC(C)(C)C2)CCCCC1)N1CCC(O)CC1.I. The summed E-state index contributed by atoms with van der Waals surface area (Å²) in [7, 11) is 1.87. The highest BCUT2D eigenvalue weighted by molar-refractivity contribution is 14.0. The summed E-state index contributed by atoms with van der Waals surface area (Å²) < 4.78 is 5.97. The fraction of sp³-hybridized carbons (Fsp3) is 0.950. The van der Waals surface area contributed by atoms with E-state index in [1.165, 1.54) is 32.1 Å². The Bertz CT molecular complexity index is 486. The summed E-state index contributed by atoms with van der Waals surface area (Å²) in [6.07, 6.45) is 8.02.